The van der Waals surface area contributed by atoms with Crippen molar-refractivity contribution in [3.05, 3.63) is 21.9 Å². The van der Waals surface area contributed by atoms with Crippen molar-refractivity contribution in [2.24, 2.45) is 0 Å². The molecule has 1 saturated heterocycles. The van der Waals surface area contributed by atoms with Gasteiger partial charge in [0.15, 0.2) is 0 Å². The molecule has 8 heteroatoms. The molecule has 0 radical (unpaired) electrons. The molecular weight excluding hydrogens is 338 g/mol. The lowest BCUT2D eigenvalue weighted by atomic mass is 10.3. The summed E-state index contributed by atoms with van der Waals surface area (Å²) in [6.07, 6.45) is 0. The first-order chi connectivity index (χ1) is 10.6. The van der Waals surface area contributed by atoms with Crippen molar-refractivity contribution in [1.82, 2.24) is 15.1 Å². The lowest BCUT2D eigenvalue weighted by Gasteiger charge is -2.34. The number of carbonyl (C=O) groups is 2. The van der Waals surface area contributed by atoms with Crippen LogP contribution in [-0.2, 0) is 9.53 Å². The number of halogens is 1. The third-order valence-corrected chi connectivity index (χ3v) is 4.62. The molecule has 130 valence electrons. The second-order valence-electron chi connectivity index (χ2n) is 5.25. The molecule has 1 aliphatic heterocycles. The van der Waals surface area contributed by atoms with Crippen molar-refractivity contribution >= 4 is 35.6 Å². The lowest BCUT2D eigenvalue weighted by Crippen LogP contribution is -2.52. The number of aryl methyl sites for hydroxylation is 1. The molecule has 6 nitrogen and oxygen atoms in total. The van der Waals surface area contributed by atoms with Crippen LogP contribution in [0.3, 0.4) is 0 Å². The first kappa shape index (κ1) is 19.9. The van der Waals surface area contributed by atoms with Crippen LogP contribution in [0.4, 0.5) is 0 Å². The third-order valence-electron chi connectivity index (χ3n) is 3.63. The van der Waals surface area contributed by atoms with Crippen LogP contribution >= 0.6 is 23.7 Å². The van der Waals surface area contributed by atoms with Crippen LogP contribution in [-0.4, -0.2) is 74.6 Å². The van der Waals surface area contributed by atoms with Gasteiger partial charge in [0.1, 0.15) is 0 Å². The molecule has 1 aliphatic rings. The predicted octanol–water partition coefficient (Wildman–Crippen LogP) is 0.999. The van der Waals surface area contributed by atoms with Gasteiger partial charge in [-0.25, -0.2) is 0 Å². The Morgan fingerprint density at radius 1 is 1.22 bits per heavy atom. The van der Waals surface area contributed by atoms with E-state index in [9.17, 15) is 9.59 Å². The smallest absolute Gasteiger partial charge is 0.264 e. The molecule has 2 rings (SSSR count). The highest BCUT2D eigenvalue weighted by Gasteiger charge is 2.25. The van der Waals surface area contributed by atoms with Crippen molar-refractivity contribution < 1.29 is 14.3 Å². The summed E-state index contributed by atoms with van der Waals surface area (Å²) in [6, 6.07) is 3.84. The summed E-state index contributed by atoms with van der Waals surface area (Å²) in [5, 5.41) is 3.05. The Morgan fingerprint density at radius 2 is 1.87 bits per heavy atom. The van der Waals surface area contributed by atoms with Crippen molar-refractivity contribution in [2.75, 3.05) is 53.0 Å². The average molecular weight is 362 g/mol. The van der Waals surface area contributed by atoms with E-state index in [-0.39, 0.29) is 24.2 Å². The number of nitrogens with one attached hydrogen (secondary N) is 1. The number of rotatable bonds is 6. The molecule has 1 aromatic heterocycles. The summed E-state index contributed by atoms with van der Waals surface area (Å²) in [4.78, 5) is 29.9. The standard InChI is InChI=1S/C15H23N3O3S.ClH/c1-12-3-4-13(22-12)15(20)18-8-6-17(7-9-18)14(19)11-16-5-10-21-2;/h3-4,16H,5-11H2,1-2H3;1H. The minimum absolute atomic E-state index is 0. The van der Waals surface area contributed by atoms with Gasteiger partial charge in [-0.2, -0.15) is 0 Å². The number of amides is 2. The van der Waals surface area contributed by atoms with E-state index >= 15 is 0 Å². The molecule has 0 unspecified atom stereocenters. The first-order valence-corrected chi connectivity index (χ1v) is 8.26. The van der Waals surface area contributed by atoms with Crippen LogP contribution < -0.4 is 5.32 Å². The van der Waals surface area contributed by atoms with E-state index in [0.29, 0.717) is 45.9 Å². The van der Waals surface area contributed by atoms with Crippen molar-refractivity contribution in [2.45, 2.75) is 6.92 Å². The Labute approximate surface area is 147 Å². The number of hydrogen-bond donors (Lipinski definition) is 1. The van der Waals surface area contributed by atoms with Gasteiger partial charge >= 0.3 is 0 Å². The highest BCUT2D eigenvalue weighted by Crippen LogP contribution is 2.18. The first-order valence-electron chi connectivity index (χ1n) is 7.45. The van der Waals surface area contributed by atoms with Crippen molar-refractivity contribution in [1.29, 1.82) is 0 Å². The van der Waals surface area contributed by atoms with Crippen LogP contribution in [0.5, 0.6) is 0 Å². The number of methoxy groups -OCH3 is 1. The Balaban J connectivity index is 0.00000264. The number of hydrogen-bond acceptors (Lipinski definition) is 5. The summed E-state index contributed by atoms with van der Waals surface area (Å²) in [6.45, 7) is 5.96. The summed E-state index contributed by atoms with van der Waals surface area (Å²) in [7, 11) is 1.63. The van der Waals surface area contributed by atoms with E-state index in [1.165, 1.54) is 11.3 Å². The van der Waals surface area contributed by atoms with E-state index < -0.39 is 0 Å². The lowest BCUT2D eigenvalue weighted by molar-refractivity contribution is -0.131. The molecular formula is C15H24ClN3O3S. The zero-order valence-corrected chi connectivity index (χ0v) is 15.2. The number of piperazine rings is 1. The number of carbonyl (C=O) groups excluding carboxylic acids is 2. The topological polar surface area (TPSA) is 61.9 Å². The fourth-order valence-corrected chi connectivity index (χ4v) is 3.18. The van der Waals surface area contributed by atoms with Crippen LogP contribution in [0.2, 0.25) is 0 Å². The second-order valence-corrected chi connectivity index (χ2v) is 6.54. The van der Waals surface area contributed by atoms with Crippen molar-refractivity contribution in [3.63, 3.8) is 0 Å². The van der Waals surface area contributed by atoms with Gasteiger partial charge < -0.3 is 19.9 Å². The molecule has 1 N–H and O–H groups in total. The normalized spacial score (nSPS) is 14.5. The van der Waals surface area contributed by atoms with Gasteiger partial charge in [-0.3, -0.25) is 9.59 Å². The van der Waals surface area contributed by atoms with Gasteiger partial charge in [0, 0.05) is 44.7 Å². The molecule has 0 aliphatic carbocycles. The summed E-state index contributed by atoms with van der Waals surface area (Å²) >= 11 is 1.52. The number of nitrogens with zero attached hydrogens (tertiary/aromatic N) is 2. The zero-order valence-electron chi connectivity index (χ0n) is 13.5. The molecule has 0 aromatic carbocycles. The number of thiophene rings is 1. The molecule has 2 amide bonds. The zero-order chi connectivity index (χ0) is 15.9. The molecule has 1 aromatic rings. The fraction of sp³-hybridized carbons (Fsp3) is 0.600. The van der Waals surface area contributed by atoms with E-state index in [0.717, 1.165) is 9.75 Å². The van der Waals surface area contributed by atoms with Gasteiger partial charge in [0.25, 0.3) is 5.91 Å². The third kappa shape index (κ3) is 5.76. The Kier molecular flexibility index (Phi) is 8.54. The highest BCUT2D eigenvalue weighted by atomic mass is 35.5. The maximum Gasteiger partial charge on any atom is 0.264 e. The molecule has 1 fully saturated rings. The Morgan fingerprint density at radius 3 is 2.43 bits per heavy atom. The van der Waals surface area contributed by atoms with Gasteiger partial charge in [0.2, 0.25) is 5.91 Å². The van der Waals surface area contributed by atoms with Gasteiger partial charge in [0.05, 0.1) is 18.0 Å². The van der Waals surface area contributed by atoms with E-state index in [4.69, 9.17) is 4.74 Å². The second kappa shape index (κ2) is 9.87. The molecule has 2 heterocycles. The molecule has 23 heavy (non-hydrogen) atoms. The Hall–Kier alpha value is -1.15. The average Bonchev–Trinajstić information content (AvgIpc) is 2.97. The largest absolute Gasteiger partial charge is 0.383 e. The van der Waals surface area contributed by atoms with E-state index in [1.54, 1.807) is 7.11 Å². The highest BCUT2D eigenvalue weighted by molar-refractivity contribution is 7.13. The summed E-state index contributed by atoms with van der Waals surface area (Å²) in [5.74, 6) is 0.151. The maximum absolute atomic E-state index is 12.3. The monoisotopic (exact) mass is 361 g/mol. The van der Waals surface area contributed by atoms with Gasteiger partial charge in [-0.1, -0.05) is 0 Å². The maximum atomic E-state index is 12.3. The van der Waals surface area contributed by atoms with E-state index in [2.05, 4.69) is 5.32 Å². The number of ether oxygens (including phenoxy) is 1. The van der Waals surface area contributed by atoms with Gasteiger partial charge in [-0.15, -0.1) is 23.7 Å². The molecule has 0 saturated carbocycles. The van der Waals surface area contributed by atoms with Crippen LogP contribution in [0.25, 0.3) is 0 Å². The van der Waals surface area contributed by atoms with Crippen molar-refractivity contribution in [3.8, 4) is 0 Å². The SMILES string of the molecule is COCCNCC(=O)N1CCN(C(=O)c2ccc(C)s2)CC1.Cl. The van der Waals surface area contributed by atoms with Gasteiger partial charge in [-0.05, 0) is 19.1 Å². The minimum Gasteiger partial charge on any atom is -0.383 e. The summed E-state index contributed by atoms with van der Waals surface area (Å²) in [5.41, 5.74) is 0. The van der Waals surface area contributed by atoms with Crippen LogP contribution in [0, 0.1) is 6.92 Å². The van der Waals surface area contributed by atoms with Crippen LogP contribution in [0.1, 0.15) is 14.5 Å². The Bertz CT molecular complexity index is 516. The van der Waals surface area contributed by atoms with E-state index in [1.807, 2.05) is 28.9 Å². The summed E-state index contributed by atoms with van der Waals surface area (Å²) < 4.78 is 4.92. The van der Waals surface area contributed by atoms with Crippen LogP contribution in [0.15, 0.2) is 12.1 Å². The molecule has 0 spiro atoms. The minimum atomic E-state index is 0. The fourth-order valence-electron chi connectivity index (χ4n) is 2.35. The molecule has 0 atom stereocenters. The predicted molar refractivity (Wildman–Crippen MR) is 93.5 cm³/mol. The molecule has 0 bridgehead atoms. The quantitative estimate of drug-likeness (QED) is 0.768.